The highest BCUT2D eigenvalue weighted by Gasteiger charge is 2.01. The van der Waals surface area contributed by atoms with Gasteiger partial charge in [-0.05, 0) is 26.2 Å². The predicted molar refractivity (Wildman–Crippen MR) is 53.3 cm³/mol. The maximum Gasteiger partial charge on any atom is 0.150 e. The zero-order chi connectivity index (χ0) is 8.27. The van der Waals surface area contributed by atoms with Crippen molar-refractivity contribution in [2.45, 2.75) is 18.2 Å². The first-order chi connectivity index (χ1) is 5.27. The number of hydrogen-bond donors (Lipinski definition) is 0. The van der Waals surface area contributed by atoms with Crippen LogP contribution in [0.3, 0.4) is 0 Å². The molecule has 0 unspecified atom stereocenters. The Morgan fingerprint density at radius 1 is 1.55 bits per heavy atom. The minimum atomic E-state index is 1.14. The van der Waals surface area contributed by atoms with E-state index in [9.17, 15) is 0 Å². The molecule has 0 saturated carbocycles. The molecule has 1 nitrogen and oxygen atoms in total. The average molecular weight is 185 g/mol. The normalized spacial score (nSPS) is 11.2. The van der Waals surface area contributed by atoms with Crippen LogP contribution in [0.4, 0.5) is 0 Å². The molecule has 1 aromatic heterocycles. The zero-order valence-electron chi connectivity index (χ0n) is 6.92. The van der Waals surface area contributed by atoms with Crippen LogP contribution in [0.2, 0.25) is 0 Å². The number of nitrogens with zero attached hydrogens (tertiary/aromatic N) is 1. The molecule has 11 heavy (non-hydrogen) atoms. The molecule has 0 aliphatic carbocycles. The predicted octanol–water partition coefficient (Wildman–Crippen LogP) is 3.21. The lowest BCUT2D eigenvalue weighted by Crippen LogP contribution is -1.72. The molecular formula is C8H11NS2. The van der Waals surface area contributed by atoms with Crippen LogP contribution in [0.1, 0.15) is 17.5 Å². The fourth-order valence-corrected chi connectivity index (χ4v) is 2.38. The van der Waals surface area contributed by atoms with E-state index in [1.54, 1.807) is 23.1 Å². The largest absolute Gasteiger partial charge is 0.234 e. The van der Waals surface area contributed by atoms with Crippen LogP contribution in [-0.2, 0) is 0 Å². The second-order valence-electron chi connectivity index (χ2n) is 2.13. The first-order valence-corrected chi connectivity index (χ1v) is 5.46. The molecule has 1 aromatic rings. The first kappa shape index (κ1) is 8.81. The van der Waals surface area contributed by atoms with Crippen molar-refractivity contribution in [3.8, 4) is 0 Å². The van der Waals surface area contributed by atoms with Crippen LogP contribution in [0.15, 0.2) is 10.4 Å². The van der Waals surface area contributed by atoms with Gasteiger partial charge in [-0.2, -0.15) is 0 Å². The Hall–Kier alpha value is -0.280. The van der Waals surface area contributed by atoms with Gasteiger partial charge in [0.1, 0.15) is 4.34 Å². The van der Waals surface area contributed by atoms with Crippen molar-refractivity contribution in [1.82, 2.24) is 4.98 Å². The molecule has 60 valence electrons. The van der Waals surface area contributed by atoms with Crippen LogP contribution in [0.25, 0.3) is 6.08 Å². The highest BCUT2D eigenvalue weighted by atomic mass is 32.2. The Labute approximate surface area is 75.5 Å². The molecule has 0 bridgehead atoms. The molecule has 0 N–H and O–H groups in total. The van der Waals surface area contributed by atoms with Gasteiger partial charge in [0.25, 0.3) is 0 Å². The SMILES string of the molecule is CC=Cc1sc(SC)nc1C. The van der Waals surface area contributed by atoms with Gasteiger partial charge in [0.05, 0.1) is 10.6 Å². The molecule has 1 rings (SSSR count). The second-order valence-corrected chi connectivity index (χ2v) is 4.22. The van der Waals surface area contributed by atoms with Crippen molar-refractivity contribution >= 4 is 29.2 Å². The average Bonchev–Trinajstić information content (AvgIpc) is 2.33. The summed E-state index contributed by atoms with van der Waals surface area (Å²) in [5.74, 6) is 0. The van der Waals surface area contributed by atoms with E-state index in [4.69, 9.17) is 0 Å². The maximum atomic E-state index is 4.38. The minimum Gasteiger partial charge on any atom is -0.234 e. The number of rotatable bonds is 2. The van der Waals surface area contributed by atoms with Crippen molar-refractivity contribution in [2.75, 3.05) is 6.26 Å². The topological polar surface area (TPSA) is 12.9 Å². The molecule has 3 heteroatoms. The van der Waals surface area contributed by atoms with Gasteiger partial charge in [0.2, 0.25) is 0 Å². The molecule has 0 amide bonds. The van der Waals surface area contributed by atoms with E-state index in [1.165, 1.54) is 4.88 Å². The Kier molecular flexibility index (Phi) is 3.15. The van der Waals surface area contributed by atoms with Gasteiger partial charge in [-0.25, -0.2) is 4.98 Å². The standard InChI is InChI=1S/C8H11NS2/c1-4-5-7-6(2)9-8(10-3)11-7/h4-5H,1-3H3. The van der Waals surface area contributed by atoms with Crippen LogP contribution in [-0.4, -0.2) is 11.2 Å². The van der Waals surface area contributed by atoms with E-state index in [2.05, 4.69) is 17.3 Å². The summed E-state index contributed by atoms with van der Waals surface area (Å²) in [6, 6.07) is 0. The van der Waals surface area contributed by atoms with Crippen molar-refractivity contribution < 1.29 is 0 Å². The van der Waals surface area contributed by atoms with Gasteiger partial charge in [0, 0.05) is 0 Å². The molecule has 0 atom stereocenters. The van der Waals surface area contributed by atoms with Crippen LogP contribution >= 0.6 is 23.1 Å². The third-order valence-electron chi connectivity index (χ3n) is 1.31. The zero-order valence-corrected chi connectivity index (χ0v) is 8.55. The summed E-state index contributed by atoms with van der Waals surface area (Å²) in [6.07, 6.45) is 6.20. The lowest BCUT2D eigenvalue weighted by molar-refractivity contribution is 1.16. The summed E-state index contributed by atoms with van der Waals surface area (Å²) in [5, 5.41) is 0. The fourth-order valence-electron chi connectivity index (χ4n) is 0.776. The quantitative estimate of drug-likeness (QED) is 0.656. The molecular weight excluding hydrogens is 174 g/mol. The number of hydrogen-bond acceptors (Lipinski definition) is 3. The number of aromatic nitrogens is 1. The third kappa shape index (κ3) is 2.07. The monoisotopic (exact) mass is 185 g/mol. The van der Waals surface area contributed by atoms with Crippen molar-refractivity contribution in [1.29, 1.82) is 0 Å². The van der Waals surface area contributed by atoms with Crippen LogP contribution in [0, 0.1) is 6.92 Å². The summed E-state index contributed by atoms with van der Waals surface area (Å²) in [5.41, 5.74) is 1.14. The summed E-state index contributed by atoms with van der Waals surface area (Å²) < 4.78 is 1.15. The van der Waals surface area contributed by atoms with Crippen molar-refractivity contribution in [3.63, 3.8) is 0 Å². The molecule has 0 aliphatic heterocycles. The molecule has 0 saturated heterocycles. The van der Waals surface area contributed by atoms with Crippen LogP contribution < -0.4 is 0 Å². The third-order valence-corrected chi connectivity index (χ3v) is 3.41. The number of thioether (sulfide) groups is 1. The van der Waals surface area contributed by atoms with E-state index in [1.807, 2.05) is 19.9 Å². The molecule has 0 fully saturated rings. The summed E-state index contributed by atoms with van der Waals surface area (Å²) in [4.78, 5) is 5.65. The minimum absolute atomic E-state index is 1.14. The Bertz CT molecular complexity index is 263. The number of thiazole rings is 1. The van der Waals surface area contributed by atoms with E-state index >= 15 is 0 Å². The molecule has 0 aliphatic rings. The Morgan fingerprint density at radius 2 is 2.27 bits per heavy atom. The molecule has 0 spiro atoms. The second kappa shape index (κ2) is 3.93. The highest BCUT2D eigenvalue weighted by molar-refractivity contribution is 8.00. The van der Waals surface area contributed by atoms with Gasteiger partial charge in [-0.1, -0.05) is 17.8 Å². The van der Waals surface area contributed by atoms with Gasteiger partial charge in [-0.15, -0.1) is 11.3 Å². The van der Waals surface area contributed by atoms with Gasteiger partial charge >= 0.3 is 0 Å². The summed E-state index contributed by atoms with van der Waals surface area (Å²) in [6.45, 7) is 4.07. The van der Waals surface area contributed by atoms with E-state index in [0.717, 1.165) is 10.0 Å². The summed E-state index contributed by atoms with van der Waals surface area (Å²) >= 11 is 3.45. The van der Waals surface area contributed by atoms with Crippen molar-refractivity contribution in [2.24, 2.45) is 0 Å². The number of aryl methyl sites for hydroxylation is 1. The van der Waals surface area contributed by atoms with Gasteiger partial charge < -0.3 is 0 Å². The van der Waals surface area contributed by atoms with E-state index in [-0.39, 0.29) is 0 Å². The molecule has 0 aromatic carbocycles. The first-order valence-electron chi connectivity index (χ1n) is 3.42. The highest BCUT2D eigenvalue weighted by Crippen LogP contribution is 2.25. The van der Waals surface area contributed by atoms with Crippen molar-refractivity contribution in [3.05, 3.63) is 16.6 Å². The molecule has 0 radical (unpaired) electrons. The summed E-state index contributed by atoms with van der Waals surface area (Å²) in [7, 11) is 0. The Morgan fingerprint density at radius 3 is 2.73 bits per heavy atom. The van der Waals surface area contributed by atoms with Gasteiger partial charge in [-0.3, -0.25) is 0 Å². The number of allylic oxidation sites excluding steroid dienone is 1. The van der Waals surface area contributed by atoms with E-state index in [0.29, 0.717) is 0 Å². The van der Waals surface area contributed by atoms with E-state index < -0.39 is 0 Å². The van der Waals surface area contributed by atoms with Gasteiger partial charge in [0.15, 0.2) is 0 Å². The van der Waals surface area contributed by atoms with Crippen LogP contribution in [0.5, 0.6) is 0 Å². The fraction of sp³-hybridized carbons (Fsp3) is 0.375. The lowest BCUT2D eigenvalue weighted by Gasteiger charge is -1.82. The smallest absolute Gasteiger partial charge is 0.150 e. The Balaban J connectivity index is 2.97. The maximum absolute atomic E-state index is 4.38. The lowest BCUT2D eigenvalue weighted by atomic mass is 10.4. The molecule has 1 heterocycles.